The lowest BCUT2D eigenvalue weighted by Gasteiger charge is -2.19. The number of nitrogens with zero attached hydrogens (tertiary/aromatic N) is 4. The van der Waals surface area contributed by atoms with Gasteiger partial charge in [0, 0.05) is 19.3 Å². The molecule has 0 saturated heterocycles. The van der Waals surface area contributed by atoms with Crippen LogP contribution in [0.1, 0.15) is 46.2 Å². The molecule has 0 aromatic carbocycles. The van der Waals surface area contributed by atoms with Crippen molar-refractivity contribution in [2.24, 2.45) is 5.92 Å². The summed E-state index contributed by atoms with van der Waals surface area (Å²) < 4.78 is 1.96. The van der Waals surface area contributed by atoms with Gasteiger partial charge in [-0.25, -0.2) is 0 Å². The van der Waals surface area contributed by atoms with E-state index in [-0.39, 0.29) is 0 Å². The van der Waals surface area contributed by atoms with Crippen molar-refractivity contribution in [1.29, 1.82) is 0 Å². The Balaban J connectivity index is 2.28. The zero-order chi connectivity index (χ0) is 14.8. The van der Waals surface area contributed by atoms with Crippen molar-refractivity contribution in [3.05, 3.63) is 11.9 Å². The van der Waals surface area contributed by atoms with E-state index in [0.29, 0.717) is 5.92 Å². The van der Waals surface area contributed by atoms with Crippen LogP contribution in [0.5, 0.6) is 0 Å². The predicted molar refractivity (Wildman–Crippen MR) is 83.6 cm³/mol. The average Bonchev–Trinajstić information content (AvgIpc) is 2.86. The van der Waals surface area contributed by atoms with E-state index in [1.54, 1.807) is 0 Å². The van der Waals surface area contributed by atoms with E-state index < -0.39 is 0 Å². The monoisotopic (exact) mass is 281 g/mol. The highest BCUT2D eigenvalue weighted by Crippen LogP contribution is 1.98. The lowest BCUT2D eigenvalue weighted by atomic mass is 10.2. The second-order valence-corrected chi connectivity index (χ2v) is 5.79. The minimum Gasteiger partial charge on any atom is -0.311 e. The fraction of sp³-hybridized carbons (Fsp3) is 0.867. The van der Waals surface area contributed by atoms with Crippen LogP contribution in [0.3, 0.4) is 0 Å². The minimum atomic E-state index is 0.668. The van der Waals surface area contributed by atoms with Gasteiger partial charge >= 0.3 is 0 Å². The fourth-order valence-electron chi connectivity index (χ4n) is 2.07. The lowest BCUT2D eigenvalue weighted by Crippen LogP contribution is -2.28. The molecule has 0 aliphatic rings. The molecular formula is C15H31N5. The molecule has 0 atom stereocenters. The van der Waals surface area contributed by atoms with Crippen molar-refractivity contribution in [1.82, 2.24) is 25.2 Å². The zero-order valence-electron chi connectivity index (χ0n) is 13.6. The Kier molecular flexibility index (Phi) is 8.46. The standard InChI is InChI=1S/C15H31N5/c1-5-7-8-19(6-2)9-10-20-13-15(17-18-20)12-16-11-14(3)4/h13-14,16H,5-12H2,1-4H3. The first-order valence-electron chi connectivity index (χ1n) is 7.97. The molecule has 5 heteroatoms. The van der Waals surface area contributed by atoms with Gasteiger partial charge in [0.2, 0.25) is 0 Å². The highest BCUT2D eigenvalue weighted by Gasteiger charge is 2.04. The maximum atomic E-state index is 4.21. The third kappa shape index (κ3) is 7.01. The Morgan fingerprint density at radius 1 is 1.30 bits per heavy atom. The van der Waals surface area contributed by atoms with Gasteiger partial charge in [-0.15, -0.1) is 5.10 Å². The van der Waals surface area contributed by atoms with Gasteiger partial charge in [0.25, 0.3) is 0 Å². The van der Waals surface area contributed by atoms with Crippen molar-refractivity contribution in [2.45, 2.75) is 53.6 Å². The van der Waals surface area contributed by atoms with Gasteiger partial charge in [0.1, 0.15) is 0 Å². The summed E-state index contributed by atoms with van der Waals surface area (Å²) in [6.07, 6.45) is 4.59. The molecule has 1 N–H and O–H groups in total. The molecule has 1 heterocycles. The van der Waals surface area contributed by atoms with Gasteiger partial charge in [0.05, 0.1) is 12.2 Å². The van der Waals surface area contributed by atoms with E-state index in [1.807, 2.05) is 4.68 Å². The first-order chi connectivity index (χ1) is 9.65. The molecule has 0 bridgehead atoms. The van der Waals surface area contributed by atoms with Gasteiger partial charge in [-0.05, 0) is 32.0 Å². The Labute approximate surface area is 123 Å². The summed E-state index contributed by atoms with van der Waals surface area (Å²) in [6, 6.07) is 0. The topological polar surface area (TPSA) is 46.0 Å². The molecule has 1 aromatic rings. The molecule has 5 nitrogen and oxygen atoms in total. The van der Waals surface area contributed by atoms with E-state index in [2.05, 4.69) is 54.4 Å². The molecule has 0 aliphatic carbocycles. The molecule has 1 rings (SSSR count). The smallest absolute Gasteiger partial charge is 0.0964 e. The molecule has 20 heavy (non-hydrogen) atoms. The maximum Gasteiger partial charge on any atom is 0.0964 e. The molecule has 0 saturated carbocycles. The summed E-state index contributed by atoms with van der Waals surface area (Å²) in [5.41, 5.74) is 1.03. The van der Waals surface area contributed by atoms with Crippen molar-refractivity contribution < 1.29 is 0 Å². The molecule has 0 fully saturated rings. The van der Waals surface area contributed by atoms with E-state index in [1.165, 1.54) is 19.4 Å². The molecule has 116 valence electrons. The van der Waals surface area contributed by atoms with Crippen LogP contribution >= 0.6 is 0 Å². The number of likely N-dealkylation sites (N-methyl/N-ethyl adjacent to an activating group) is 1. The van der Waals surface area contributed by atoms with Crippen LogP contribution in [-0.2, 0) is 13.1 Å². The van der Waals surface area contributed by atoms with Crippen LogP contribution in [0.4, 0.5) is 0 Å². The summed E-state index contributed by atoms with van der Waals surface area (Å²) in [4.78, 5) is 2.47. The molecule has 0 spiro atoms. The number of hydrogen-bond donors (Lipinski definition) is 1. The van der Waals surface area contributed by atoms with Gasteiger partial charge in [0.15, 0.2) is 0 Å². The number of aromatic nitrogens is 3. The summed E-state index contributed by atoms with van der Waals surface area (Å²) >= 11 is 0. The van der Waals surface area contributed by atoms with Gasteiger partial charge < -0.3 is 10.2 Å². The first-order valence-corrected chi connectivity index (χ1v) is 7.97. The van der Waals surface area contributed by atoms with Gasteiger partial charge in [-0.2, -0.15) is 0 Å². The molecule has 0 aliphatic heterocycles. The van der Waals surface area contributed by atoms with Crippen LogP contribution in [-0.4, -0.2) is 46.1 Å². The number of hydrogen-bond acceptors (Lipinski definition) is 4. The maximum absolute atomic E-state index is 4.21. The van der Waals surface area contributed by atoms with Crippen LogP contribution in [0.25, 0.3) is 0 Å². The van der Waals surface area contributed by atoms with Crippen LogP contribution in [0.2, 0.25) is 0 Å². The third-order valence-corrected chi connectivity index (χ3v) is 3.37. The molecule has 0 amide bonds. The van der Waals surface area contributed by atoms with Crippen molar-refractivity contribution in [3.63, 3.8) is 0 Å². The van der Waals surface area contributed by atoms with Crippen LogP contribution in [0.15, 0.2) is 6.20 Å². The highest BCUT2D eigenvalue weighted by molar-refractivity contribution is 4.91. The van der Waals surface area contributed by atoms with E-state index in [9.17, 15) is 0 Å². The summed E-state index contributed by atoms with van der Waals surface area (Å²) in [7, 11) is 0. The van der Waals surface area contributed by atoms with Crippen molar-refractivity contribution >= 4 is 0 Å². The molecule has 1 aromatic heterocycles. The number of nitrogens with one attached hydrogen (secondary N) is 1. The quantitative estimate of drug-likeness (QED) is 0.675. The Morgan fingerprint density at radius 3 is 2.75 bits per heavy atom. The van der Waals surface area contributed by atoms with Gasteiger partial charge in [-0.3, -0.25) is 4.68 Å². The van der Waals surface area contributed by atoms with Crippen LogP contribution < -0.4 is 5.32 Å². The Morgan fingerprint density at radius 2 is 2.10 bits per heavy atom. The summed E-state index contributed by atoms with van der Waals surface area (Å²) in [5, 5.41) is 11.8. The van der Waals surface area contributed by atoms with Crippen molar-refractivity contribution in [2.75, 3.05) is 26.2 Å². The molecule has 0 unspecified atom stereocenters. The lowest BCUT2D eigenvalue weighted by molar-refractivity contribution is 0.266. The minimum absolute atomic E-state index is 0.668. The first kappa shape index (κ1) is 17.1. The third-order valence-electron chi connectivity index (χ3n) is 3.37. The van der Waals surface area contributed by atoms with Crippen LogP contribution in [0, 0.1) is 5.92 Å². The zero-order valence-corrected chi connectivity index (χ0v) is 13.6. The predicted octanol–water partition coefficient (Wildman–Crippen LogP) is 2.15. The van der Waals surface area contributed by atoms with E-state index in [4.69, 9.17) is 0 Å². The second-order valence-electron chi connectivity index (χ2n) is 5.79. The van der Waals surface area contributed by atoms with E-state index >= 15 is 0 Å². The normalized spacial score (nSPS) is 11.7. The summed E-state index contributed by atoms with van der Waals surface area (Å²) in [6.45, 7) is 15.0. The van der Waals surface area contributed by atoms with E-state index in [0.717, 1.165) is 38.4 Å². The summed E-state index contributed by atoms with van der Waals surface area (Å²) in [5.74, 6) is 0.668. The van der Waals surface area contributed by atoms with Crippen molar-refractivity contribution in [3.8, 4) is 0 Å². The largest absolute Gasteiger partial charge is 0.311 e. The highest BCUT2D eigenvalue weighted by atomic mass is 15.4. The second kappa shape index (κ2) is 9.88. The Hall–Kier alpha value is -0.940. The Bertz CT molecular complexity index is 348. The fourth-order valence-corrected chi connectivity index (χ4v) is 2.07. The van der Waals surface area contributed by atoms with Gasteiger partial charge in [-0.1, -0.05) is 39.3 Å². The number of rotatable bonds is 11. The molecular weight excluding hydrogens is 250 g/mol. The average molecular weight is 281 g/mol. The molecule has 0 radical (unpaired) electrons. The number of unbranched alkanes of at least 4 members (excludes halogenated alkanes) is 1. The SMILES string of the molecule is CCCCN(CC)CCn1cc(CNCC(C)C)nn1.